The zero-order valence-electron chi connectivity index (χ0n) is 11.3. The maximum absolute atomic E-state index is 13.5. The number of rotatable bonds is 5. The van der Waals surface area contributed by atoms with Gasteiger partial charge in [-0.15, -0.1) is 0 Å². The molecular formula is C13H27FN2. The van der Waals surface area contributed by atoms with Crippen molar-refractivity contribution in [2.75, 3.05) is 39.3 Å². The van der Waals surface area contributed by atoms with Gasteiger partial charge in [-0.2, -0.15) is 0 Å². The molecule has 0 aliphatic carbocycles. The molecule has 1 aliphatic rings. The van der Waals surface area contributed by atoms with Crippen LogP contribution in [0.2, 0.25) is 0 Å². The maximum atomic E-state index is 13.5. The van der Waals surface area contributed by atoms with E-state index in [-0.39, 0.29) is 0 Å². The van der Waals surface area contributed by atoms with Crippen LogP contribution in [0.3, 0.4) is 0 Å². The first-order valence-electron chi connectivity index (χ1n) is 6.50. The van der Waals surface area contributed by atoms with E-state index in [1.165, 1.54) is 13.0 Å². The number of piperazine rings is 1. The topological polar surface area (TPSA) is 6.48 Å². The van der Waals surface area contributed by atoms with E-state index in [4.69, 9.17) is 0 Å². The van der Waals surface area contributed by atoms with Gasteiger partial charge in [-0.3, -0.25) is 4.90 Å². The molecule has 2 nitrogen and oxygen atoms in total. The fourth-order valence-electron chi connectivity index (χ4n) is 2.14. The highest BCUT2D eigenvalue weighted by molar-refractivity contribution is 4.78. The molecule has 0 aromatic carbocycles. The Balaban J connectivity index is 2.18. The highest BCUT2D eigenvalue weighted by atomic mass is 19.1. The highest BCUT2D eigenvalue weighted by Gasteiger charge is 2.23. The maximum Gasteiger partial charge on any atom is 0.118 e. The van der Waals surface area contributed by atoms with E-state index in [0.717, 1.165) is 32.1 Å². The lowest BCUT2D eigenvalue weighted by atomic mass is 10.1. The molecule has 1 heterocycles. The van der Waals surface area contributed by atoms with E-state index < -0.39 is 5.67 Å². The van der Waals surface area contributed by atoms with Crippen molar-refractivity contribution in [3.63, 3.8) is 0 Å². The largest absolute Gasteiger partial charge is 0.301 e. The van der Waals surface area contributed by atoms with Gasteiger partial charge in [0.25, 0.3) is 0 Å². The summed E-state index contributed by atoms with van der Waals surface area (Å²) < 4.78 is 13.5. The van der Waals surface area contributed by atoms with Crippen molar-refractivity contribution in [2.24, 2.45) is 5.92 Å². The van der Waals surface area contributed by atoms with E-state index in [9.17, 15) is 4.39 Å². The fraction of sp³-hybridized carbons (Fsp3) is 1.00. The van der Waals surface area contributed by atoms with Crippen molar-refractivity contribution in [3.8, 4) is 0 Å². The molecule has 1 fully saturated rings. The SMILES string of the molecule is CC(C)CCN1CCN(CC(C)(C)F)CC1. The Bertz CT molecular complexity index is 191. The van der Waals surface area contributed by atoms with Crippen LogP contribution in [0.4, 0.5) is 4.39 Å². The van der Waals surface area contributed by atoms with Crippen molar-refractivity contribution in [2.45, 2.75) is 39.8 Å². The third-order valence-corrected chi connectivity index (χ3v) is 3.09. The Morgan fingerprint density at radius 2 is 1.56 bits per heavy atom. The predicted molar refractivity (Wildman–Crippen MR) is 67.5 cm³/mol. The molecule has 0 bridgehead atoms. The molecule has 96 valence electrons. The average molecular weight is 230 g/mol. The van der Waals surface area contributed by atoms with Crippen LogP contribution in [0.1, 0.15) is 34.1 Å². The summed E-state index contributed by atoms with van der Waals surface area (Å²) in [6.45, 7) is 13.9. The van der Waals surface area contributed by atoms with Gasteiger partial charge in [0.05, 0.1) is 0 Å². The molecule has 0 amide bonds. The van der Waals surface area contributed by atoms with E-state index in [2.05, 4.69) is 23.6 Å². The summed E-state index contributed by atoms with van der Waals surface area (Å²) in [6, 6.07) is 0. The highest BCUT2D eigenvalue weighted by Crippen LogP contribution is 2.13. The minimum absolute atomic E-state index is 0.574. The normalized spacial score (nSPS) is 20.6. The third kappa shape index (κ3) is 5.80. The first kappa shape index (κ1) is 13.9. The Kier molecular flexibility index (Phi) is 5.19. The first-order chi connectivity index (χ1) is 7.37. The predicted octanol–water partition coefficient (Wildman–Crippen LogP) is 2.40. The standard InChI is InChI=1S/C13H27FN2/c1-12(2)5-6-15-7-9-16(10-8-15)11-13(3,4)14/h12H,5-11H2,1-4H3. The molecule has 0 atom stereocenters. The summed E-state index contributed by atoms with van der Waals surface area (Å²) in [5.74, 6) is 0.780. The van der Waals surface area contributed by atoms with E-state index in [1.807, 2.05) is 0 Å². The molecule has 1 saturated heterocycles. The van der Waals surface area contributed by atoms with Gasteiger partial charge in [-0.05, 0) is 32.7 Å². The Morgan fingerprint density at radius 3 is 2.00 bits per heavy atom. The van der Waals surface area contributed by atoms with Gasteiger partial charge < -0.3 is 4.90 Å². The Morgan fingerprint density at radius 1 is 1.06 bits per heavy atom. The summed E-state index contributed by atoms with van der Waals surface area (Å²) in [7, 11) is 0. The van der Waals surface area contributed by atoms with Gasteiger partial charge in [-0.1, -0.05) is 13.8 Å². The lowest BCUT2D eigenvalue weighted by Crippen LogP contribution is -2.49. The van der Waals surface area contributed by atoms with E-state index >= 15 is 0 Å². The molecule has 0 radical (unpaired) electrons. The van der Waals surface area contributed by atoms with Crippen molar-refractivity contribution < 1.29 is 4.39 Å². The van der Waals surface area contributed by atoms with Crippen LogP contribution in [0, 0.1) is 5.92 Å². The monoisotopic (exact) mass is 230 g/mol. The minimum Gasteiger partial charge on any atom is -0.301 e. The zero-order valence-corrected chi connectivity index (χ0v) is 11.3. The van der Waals surface area contributed by atoms with Crippen LogP contribution in [0.15, 0.2) is 0 Å². The van der Waals surface area contributed by atoms with Crippen LogP contribution in [-0.4, -0.2) is 54.7 Å². The summed E-state index contributed by atoms with van der Waals surface area (Å²) >= 11 is 0. The molecule has 0 aromatic heterocycles. The quantitative estimate of drug-likeness (QED) is 0.715. The Hall–Kier alpha value is -0.150. The van der Waals surface area contributed by atoms with Gasteiger partial charge in [0.1, 0.15) is 5.67 Å². The van der Waals surface area contributed by atoms with E-state index in [0.29, 0.717) is 6.54 Å². The second-order valence-corrected chi connectivity index (χ2v) is 6.02. The molecule has 16 heavy (non-hydrogen) atoms. The average Bonchev–Trinajstić information content (AvgIpc) is 2.14. The number of hydrogen-bond donors (Lipinski definition) is 0. The van der Waals surface area contributed by atoms with Crippen LogP contribution >= 0.6 is 0 Å². The molecule has 0 spiro atoms. The summed E-state index contributed by atoms with van der Waals surface area (Å²) in [5.41, 5.74) is -1.06. The van der Waals surface area contributed by atoms with Gasteiger partial charge in [-0.25, -0.2) is 4.39 Å². The van der Waals surface area contributed by atoms with Gasteiger partial charge in [0.2, 0.25) is 0 Å². The van der Waals surface area contributed by atoms with Crippen LogP contribution < -0.4 is 0 Å². The second kappa shape index (κ2) is 5.97. The fourth-order valence-corrected chi connectivity index (χ4v) is 2.14. The van der Waals surface area contributed by atoms with Gasteiger partial charge in [0.15, 0.2) is 0 Å². The molecule has 0 saturated carbocycles. The second-order valence-electron chi connectivity index (χ2n) is 6.02. The zero-order chi connectivity index (χ0) is 12.2. The van der Waals surface area contributed by atoms with E-state index in [1.54, 1.807) is 13.8 Å². The molecule has 0 unspecified atom stereocenters. The van der Waals surface area contributed by atoms with Crippen LogP contribution in [0.25, 0.3) is 0 Å². The molecule has 0 N–H and O–H groups in total. The first-order valence-corrected chi connectivity index (χ1v) is 6.50. The lowest BCUT2D eigenvalue weighted by Gasteiger charge is -2.36. The van der Waals surface area contributed by atoms with Gasteiger partial charge in [0, 0.05) is 32.7 Å². The molecule has 3 heteroatoms. The van der Waals surface area contributed by atoms with Crippen LogP contribution in [-0.2, 0) is 0 Å². The van der Waals surface area contributed by atoms with Crippen molar-refractivity contribution in [1.29, 1.82) is 0 Å². The summed E-state index contributed by atoms with van der Waals surface area (Å²) in [4.78, 5) is 4.74. The van der Waals surface area contributed by atoms with Crippen molar-refractivity contribution in [1.82, 2.24) is 9.80 Å². The number of halogens is 1. The van der Waals surface area contributed by atoms with Gasteiger partial charge >= 0.3 is 0 Å². The lowest BCUT2D eigenvalue weighted by molar-refractivity contribution is 0.0743. The molecule has 1 aliphatic heterocycles. The smallest absolute Gasteiger partial charge is 0.118 e. The van der Waals surface area contributed by atoms with Crippen molar-refractivity contribution in [3.05, 3.63) is 0 Å². The summed E-state index contributed by atoms with van der Waals surface area (Å²) in [5, 5.41) is 0. The molecule has 1 rings (SSSR count). The van der Waals surface area contributed by atoms with Crippen molar-refractivity contribution >= 4 is 0 Å². The van der Waals surface area contributed by atoms with Crippen LogP contribution in [0.5, 0.6) is 0 Å². The number of hydrogen-bond acceptors (Lipinski definition) is 2. The number of nitrogens with zero attached hydrogens (tertiary/aromatic N) is 2. The third-order valence-electron chi connectivity index (χ3n) is 3.09. The number of alkyl halides is 1. The molecular weight excluding hydrogens is 203 g/mol. The Labute approximate surface area is 99.8 Å². The minimum atomic E-state index is -1.06. The summed E-state index contributed by atoms with van der Waals surface area (Å²) in [6.07, 6.45) is 1.27. The molecule has 0 aromatic rings.